The van der Waals surface area contributed by atoms with E-state index in [0.717, 1.165) is 11.8 Å². The zero-order valence-electron chi connectivity index (χ0n) is 11.9. The number of carbonyl (C=O) groups is 2. The molecule has 1 amide bonds. The van der Waals surface area contributed by atoms with Crippen LogP contribution in [0.1, 0.15) is 33.6 Å². The van der Waals surface area contributed by atoms with Crippen molar-refractivity contribution in [3.8, 4) is 0 Å². The fourth-order valence-electron chi connectivity index (χ4n) is 2.14. The van der Waals surface area contributed by atoms with Gasteiger partial charge in [0.25, 0.3) is 0 Å². The van der Waals surface area contributed by atoms with Crippen molar-refractivity contribution >= 4 is 27.8 Å². The first-order chi connectivity index (χ1) is 8.82. The van der Waals surface area contributed by atoms with Gasteiger partial charge in [-0.05, 0) is 6.42 Å². The Hall–Kier alpha value is -0.620. The van der Waals surface area contributed by atoms with Crippen molar-refractivity contribution in [3.05, 3.63) is 0 Å². The lowest BCUT2D eigenvalue weighted by molar-refractivity contribution is -0.155. The minimum Gasteiger partial charge on any atom is -0.467 e. The van der Waals surface area contributed by atoms with Crippen LogP contribution in [0, 0.1) is 5.41 Å². The highest BCUT2D eigenvalue weighted by Crippen LogP contribution is 2.32. The predicted molar refractivity (Wildman–Crippen MR) is 74.9 cm³/mol. The zero-order valence-corrected chi connectivity index (χ0v) is 13.5. The second-order valence-electron chi connectivity index (χ2n) is 5.68. The third kappa shape index (κ3) is 3.92. The third-order valence-corrected chi connectivity index (χ3v) is 3.59. The van der Waals surface area contributed by atoms with Crippen molar-refractivity contribution < 1.29 is 19.1 Å². The van der Waals surface area contributed by atoms with Crippen LogP contribution >= 0.6 is 15.9 Å². The van der Waals surface area contributed by atoms with Gasteiger partial charge in [-0.3, -0.25) is 4.79 Å². The Morgan fingerprint density at radius 1 is 1.42 bits per heavy atom. The van der Waals surface area contributed by atoms with Crippen LogP contribution in [0.2, 0.25) is 0 Å². The third-order valence-electron chi connectivity index (χ3n) is 3.03. The average Bonchev–Trinajstić information content (AvgIpc) is 2.79. The molecule has 1 aliphatic rings. The molecule has 1 rings (SSSR count). The van der Waals surface area contributed by atoms with E-state index in [1.54, 1.807) is 4.90 Å². The Balaban J connectivity index is 2.91. The zero-order chi connectivity index (χ0) is 14.6. The van der Waals surface area contributed by atoms with E-state index in [1.807, 2.05) is 20.8 Å². The SMILES string of the molecule is COC(=O)[C@@H]1CO[C@H](C(C)(C)C)N1C(=O)CCCBr. The van der Waals surface area contributed by atoms with E-state index >= 15 is 0 Å². The first kappa shape index (κ1) is 16.4. The van der Waals surface area contributed by atoms with Gasteiger partial charge in [0.05, 0.1) is 13.7 Å². The second kappa shape index (κ2) is 6.70. The molecular formula is C13H22BrNO4. The minimum atomic E-state index is -0.628. The fourth-order valence-corrected chi connectivity index (χ4v) is 2.42. The lowest BCUT2D eigenvalue weighted by Gasteiger charge is -2.35. The first-order valence-corrected chi connectivity index (χ1v) is 7.51. The number of carbonyl (C=O) groups excluding carboxylic acids is 2. The molecule has 5 nitrogen and oxygen atoms in total. The van der Waals surface area contributed by atoms with Gasteiger partial charge in [0.2, 0.25) is 5.91 Å². The first-order valence-electron chi connectivity index (χ1n) is 6.39. The Bertz CT molecular complexity index is 340. The molecule has 0 unspecified atom stereocenters. The summed E-state index contributed by atoms with van der Waals surface area (Å²) in [6.45, 7) is 6.17. The predicted octanol–water partition coefficient (Wildman–Crippen LogP) is 1.93. The van der Waals surface area contributed by atoms with Gasteiger partial charge >= 0.3 is 5.97 Å². The molecule has 1 heterocycles. The molecule has 0 saturated carbocycles. The van der Waals surface area contributed by atoms with Gasteiger partial charge in [0.15, 0.2) is 6.04 Å². The highest BCUT2D eigenvalue weighted by molar-refractivity contribution is 9.09. The summed E-state index contributed by atoms with van der Waals surface area (Å²) in [7, 11) is 1.33. The monoisotopic (exact) mass is 335 g/mol. The molecule has 0 N–H and O–H groups in total. The van der Waals surface area contributed by atoms with Gasteiger partial charge in [0.1, 0.15) is 6.23 Å². The average molecular weight is 336 g/mol. The number of methoxy groups -OCH3 is 1. The molecule has 0 radical (unpaired) electrons. The van der Waals surface area contributed by atoms with Gasteiger partial charge in [0, 0.05) is 17.2 Å². The lowest BCUT2D eigenvalue weighted by atomic mass is 9.93. The van der Waals surface area contributed by atoms with E-state index in [-0.39, 0.29) is 24.2 Å². The lowest BCUT2D eigenvalue weighted by Crippen LogP contribution is -2.50. The number of amides is 1. The molecule has 0 bridgehead atoms. The molecule has 1 fully saturated rings. The maximum Gasteiger partial charge on any atom is 0.331 e. The summed E-state index contributed by atoms with van der Waals surface area (Å²) in [5, 5.41) is 0.760. The number of nitrogens with zero attached hydrogens (tertiary/aromatic N) is 1. The number of rotatable bonds is 4. The molecule has 0 spiro atoms. The van der Waals surface area contributed by atoms with Crippen molar-refractivity contribution in [2.24, 2.45) is 5.41 Å². The number of ether oxygens (including phenoxy) is 2. The molecular weight excluding hydrogens is 314 g/mol. The number of hydrogen-bond donors (Lipinski definition) is 0. The van der Waals surface area contributed by atoms with Crippen LogP contribution < -0.4 is 0 Å². The fraction of sp³-hybridized carbons (Fsp3) is 0.846. The Morgan fingerprint density at radius 3 is 2.53 bits per heavy atom. The summed E-state index contributed by atoms with van der Waals surface area (Å²) in [6.07, 6.45) is 0.744. The molecule has 6 heteroatoms. The van der Waals surface area contributed by atoms with Crippen LogP contribution in [0.25, 0.3) is 0 Å². The molecule has 19 heavy (non-hydrogen) atoms. The Labute approximate surface area is 122 Å². The molecule has 0 aromatic heterocycles. The van der Waals surface area contributed by atoms with Crippen molar-refractivity contribution in [1.82, 2.24) is 4.90 Å². The summed E-state index contributed by atoms with van der Waals surface area (Å²) >= 11 is 3.31. The second-order valence-corrected chi connectivity index (χ2v) is 6.48. The van der Waals surface area contributed by atoms with Crippen LogP contribution in [0.3, 0.4) is 0 Å². The molecule has 1 saturated heterocycles. The summed E-state index contributed by atoms with van der Waals surface area (Å²) in [4.78, 5) is 25.6. The standard InChI is InChI=1S/C13H22BrNO4/c1-13(2,3)12-15(10(16)6-5-7-14)9(8-19-12)11(17)18-4/h9,12H,5-8H2,1-4H3/t9-,12+/m0/s1. The molecule has 0 aliphatic carbocycles. The molecule has 0 aromatic rings. The van der Waals surface area contributed by atoms with Crippen molar-refractivity contribution in [3.63, 3.8) is 0 Å². The number of esters is 1. The summed E-state index contributed by atoms with van der Waals surface area (Å²) < 4.78 is 10.4. The maximum absolute atomic E-state index is 12.3. The highest BCUT2D eigenvalue weighted by atomic mass is 79.9. The quantitative estimate of drug-likeness (QED) is 0.582. The van der Waals surface area contributed by atoms with Crippen LogP contribution in [0.15, 0.2) is 0 Å². The van der Waals surface area contributed by atoms with Crippen molar-refractivity contribution in [1.29, 1.82) is 0 Å². The van der Waals surface area contributed by atoms with Gasteiger partial charge < -0.3 is 14.4 Å². The Morgan fingerprint density at radius 2 is 2.05 bits per heavy atom. The van der Waals surface area contributed by atoms with Crippen LogP contribution in [0.4, 0.5) is 0 Å². The molecule has 0 aromatic carbocycles. The molecule has 110 valence electrons. The normalized spacial score (nSPS) is 23.5. The van der Waals surface area contributed by atoms with E-state index in [1.165, 1.54) is 7.11 Å². The van der Waals surface area contributed by atoms with Crippen LogP contribution in [0.5, 0.6) is 0 Å². The highest BCUT2D eigenvalue weighted by Gasteiger charge is 2.46. The number of hydrogen-bond acceptors (Lipinski definition) is 4. The van der Waals surface area contributed by atoms with Crippen LogP contribution in [-0.2, 0) is 19.1 Å². The summed E-state index contributed by atoms with van der Waals surface area (Å²) in [5.74, 6) is -0.480. The van der Waals surface area contributed by atoms with Crippen molar-refractivity contribution in [2.45, 2.75) is 45.9 Å². The van der Waals surface area contributed by atoms with E-state index in [4.69, 9.17) is 9.47 Å². The van der Waals surface area contributed by atoms with Gasteiger partial charge in [-0.15, -0.1) is 0 Å². The maximum atomic E-state index is 12.3. The van der Waals surface area contributed by atoms with E-state index in [2.05, 4.69) is 15.9 Å². The van der Waals surface area contributed by atoms with E-state index in [0.29, 0.717) is 6.42 Å². The van der Waals surface area contributed by atoms with Crippen LogP contribution in [-0.4, -0.2) is 48.1 Å². The smallest absolute Gasteiger partial charge is 0.331 e. The molecule has 1 aliphatic heterocycles. The summed E-state index contributed by atoms with van der Waals surface area (Å²) in [6, 6.07) is -0.628. The number of alkyl halides is 1. The van der Waals surface area contributed by atoms with Crippen molar-refractivity contribution in [2.75, 3.05) is 19.0 Å². The van der Waals surface area contributed by atoms with E-state index < -0.39 is 12.0 Å². The largest absolute Gasteiger partial charge is 0.467 e. The van der Waals surface area contributed by atoms with Gasteiger partial charge in [-0.2, -0.15) is 0 Å². The number of halogens is 1. The topological polar surface area (TPSA) is 55.8 Å². The molecule has 2 atom stereocenters. The Kier molecular flexibility index (Phi) is 5.80. The van der Waals surface area contributed by atoms with Gasteiger partial charge in [-0.1, -0.05) is 36.7 Å². The summed E-state index contributed by atoms with van der Waals surface area (Å²) in [5.41, 5.74) is -0.243. The minimum absolute atomic E-state index is 0.0627. The van der Waals surface area contributed by atoms with Gasteiger partial charge in [-0.25, -0.2) is 4.79 Å². The van der Waals surface area contributed by atoms with E-state index in [9.17, 15) is 9.59 Å².